The van der Waals surface area contributed by atoms with Gasteiger partial charge in [-0.3, -0.25) is 4.79 Å². The van der Waals surface area contributed by atoms with Gasteiger partial charge < -0.3 is 0 Å². The largest absolute Gasteiger partial charge is 0.454 e. The SMILES string of the molecule is CCCCCCCCCCCCC(CCC)c1ccccc1C(=O)C(F)(F)F. The lowest BCUT2D eigenvalue weighted by Gasteiger charge is -2.20. The normalized spacial score (nSPS) is 12.9. The van der Waals surface area contributed by atoms with Gasteiger partial charge in [-0.25, -0.2) is 0 Å². The van der Waals surface area contributed by atoms with E-state index in [-0.39, 0.29) is 11.5 Å². The van der Waals surface area contributed by atoms with Crippen LogP contribution < -0.4 is 0 Å². The van der Waals surface area contributed by atoms with E-state index >= 15 is 0 Å². The molecule has 1 unspecified atom stereocenters. The Bertz CT molecular complexity index is 551. The lowest BCUT2D eigenvalue weighted by molar-refractivity contribution is -0.0886. The highest BCUT2D eigenvalue weighted by atomic mass is 19.4. The number of alkyl halides is 3. The maximum atomic E-state index is 12.9. The van der Waals surface area contributed by atoms with Crippen molar-refractivity contribution in [3.05, 3.63) is 35.4 Å². The van der Waals surface area contributed by atoms with Gasteiger partial charge in [0.2, 0.25) is 0 Å². The second kappa shape index (κ2) is 13.8. The van der Waals surface area contributed by atoms with Crippen LogP contribution in [0.2, 0.25) is 0 Å². The fourth-order valence-corrected chi connectivity index (χ4v) is 3.89. The molecule has 28 heavy (non-hydrogen) atoms. The van der Waals surface area contributed by atoms with Crippen molar-refractivity contribution in [3.63, 3.8) is 0 Å². The molecule has 1 rings (SSSR count). The van der Waals surface area contributed by atoms with Crippen LogP contribution in [0.15, 0.2) is 24.3 Å². The highest BCUT2D eigenvalue weighted by Crippen LogP contribution is 2.33. The van der Waals surface area contributed by atoms with Crippen LogP contribution in [-0.4, -0.2) is 12.0 Å². The smallest absolute Gasteiger partial charge is 0.284 e. The summed E-state index contributed by atoms with van der Waals surface area (Å²) in [6.07, 6.45) is 10.2. The summed E-state index contributed by atoms with van der Waals surface area (Å²) < 4.78 is 38.8. The highest BCUT2D eigenvalue weighted by molar-refractivity contribution is 6.01. The van der Waals surface area contributed by atoms with Crippen LogP contribution in [0.1, 0.15) is 119 Å². The molecule has 0 aliphatic carbocycles. The molecular formula is C24H37F3O. The second-order valence-corrected chi connectivity index (χ2v) is 7.87. The summed E-state index contributed by atoms with van der Waals surface area (Å²) in [6, 6.07) is 6.29. The second-order valence-electron chi connectivity index (χ2n) is 7.87. The number of rotatable bonds is 15. The van der Waals surface area contributed by atoms with Gasteiger partial charge in [0.05, 0.1) is 0 Å². The third-order valence-electron chi connectivity index (χ3n) is 5.45. The van der Waals surface area contributed by atoms with Crippen LogP contribution in [0.4, 0.5) is 13.2 Å². The van der Waals surface area contributed by atoms with Crippen molar-refractivity contribution in [1.29, 1.82) is 0 Å². The van der Waals surface area contributed by atoms with E-state index in [2.05, 4.69) is 6.92 Å². The van der Waals surface area contributed by atoms with Gasteiger partial charge in [-0.2, -0.15) is 13.2 Å². The summed E-state index contributed by atoms with van der Waals surface area (Å²) in [5.74, 6) is -1.69. The molecule has 0 radical (unpaired) electrons. The minimum absolute atomic E-state index is 0.0292. The molecule has 0 saturated carbocycles. The molecule has 0 aliphatic heterocycles. The Morgan fingerprint density at radius 2 is 1.32 bits per heavy atom. The molecule has 1 aromatic rings. The van der Waals surface area contributed by atoms with Crippen molar-refractivity contribution < 1.29 is 18.0 Å². The summed E-state index contributed by atoms with van der Waals surface area (Å²) in [7, 11) is 0. The zero-order chi connectivity index (χ0) is 20.8. The number of unbranched alkanes of at least 4 members (excludes halogenated alkanes) is 9. The number of carbonyl (C=O) groups is 1. The number of hydrogen-bond donors (Lipinski definition) is 0. The Labute approximate surface area is 169 Å². The zero-order valence-corrected chi connectivity index (χ0v) is 17.6. The summed E-state index contributed by atoms with van der Waals surface area (Å²) >= 11 is 0. The molecule has 0 aliphatic rings. The fourth-order valence-electron chi connectivity index (χ4n) is 3.89. The fraction of sp³-hybridized carbons (Fsp3) is 0.708. The summed E-state index contributed by atoms with van der Waals surface area (Å²) in [5.41, 5.74) is 0.406. The zero-order valence-electron chi connectivity index (χ0n) is 17.6. The van der Waals surface area contributed by atoms with Gasteiger partial charge in [-0.1, -0.05) is 109 Å². The molecule has 0 spiro atoms. The number of carbonyl (C=O) groups excluding carboxylic acids is 1. The molecule has 0 amide bonds. The van der Waals surface area contributed by atoms with Crippen LogP contribution >= 0.6 is 0 Å². The predicted octanol–water partition coefficient (Wildman–Crippen LogP) is 8.63. The molecule has 1 atom stereocenters. The van der Waals surface area contributed by atoms with Crippen molar-refractivity contribution in [2.45, 2.75) is 109 Å². The average molecular weight is 399 g/mol. The number of halogens is 3. The lowest BCUT2D eigenvalue weighted by atomic mass is 9.85. The standard InChI is InChI=1S/C24H37F3O/c1-3-5-6-7-8-9-10-11-12-13-17-20(16-4-2)21-18-14-15-19-22(21)23(28)24(25,26)27/h14-15,18-20H,3-13,16-17H2,1-2H3. The lowest BCUT2D eigenvalue weighted by Crippen LogP contribution is -2.24. The van der Waals surface area contributed by atoms with Gasteiger partial charge in [0.15, 0.2) is 0 Å². The van der Waals surface area contributed by atoms with Crippen molar-refractivity contribution in [2.24, 2.45) is 0 Å². The van der Waals surface area contributed by atoms with E-state index < -0.39 is 12.0 Å². The first-order chi connectivity index (χ1) is 13.4. The minimum Gasteiger partial charge on any atom is -0.284 e. The molecule has 0 heterocycles. The molecule has 1 nitrogen and oxygen atoms in total. The van der Waals surface area contributed by atoms with E-state index in [1.54, 1.807) is 12.1 Å². The first kappa shape index (κ1) is 24.7. The topological polar surface area (TPSA) is 17.1 Å². The number of hydrogen-bond acceptors (Lipinski definition) is 1. The molecule has 160 valence electrons. The van der Waals surface area contributed by atoms with Gasteiger partial charge in [-0.15, -0.1) is 0 Å². The summed E-state index contributed by atoms with van der Waals surface area (Å²) in [6.45, 7) is 4.27. The van der Waals surface area contributed by atoms with E-state index in [1.807, 2.05) is 6.92 Å². The van der Waals surface area contributed by atoms with E-state index in [4.69, 9.17) is 0 Å². The van der Waals surface area contributed by atoms with Crippen LogP contribution in [0.25, 0.3) is 0 Å². The average Bonchev–Trinajstić information content (AvgIpc) is 2.67. The monoisotopic (exact) mass is 398 g/mol. The highest BCUT2D eigenvalue weighted by Gasteiger charge is 2.40. The van der Waals surface area contributed by atoms with Gasteiger partial charge in [0.1, 0.15) is 0 Å². The Kier molecular flexibility index (Phi) is 12.2. The van der Waals surface area contributed by atoms with E-state index in [1.165, 1.54) is 63.5 Å². The van der Waals surface area contributed by atoms with Crippen LogP contribution in [0, 0.1) is 0 Å². The van der Waals surface area contributed by atoms with Crippen LogP contribution in [0.5, 0.6) is 0 Å². The van der Waals surface area contributed by atoms with E-state index in [0.717, 1.165) is 32.1 Å². The molecule has 0 saturated heterocycles. The van der Waals surface area contributed by atoms with Crippen LogP contribution in [-0.2, 0) is 0 Å². The minimum atomic E-state index is -4.82. The number of benzene rings is 1. The number of ketones is 1. The van der Waals surface area contributed by atoms with Gasteiger partial charge in [-0.05, 0) is 24.3 Å². The molecule has 1 aromatic carbocycles. The van der Waals surface area contributed by atoms with Gasteiger partial charge in [0.25, 0.3) is 5.78 Å². The van der Waals surface area contributed by atoms with Crippen molar-refractivity contribution in [2.75, 3.05) is 0 Å². The van der Waals surface area contributed by atoms with Crippen molar-refractivity contribution in [1.82, 2.24) is 0 Å². The molecular weight excluding hydrogens is 361 g/mol. The van der Waals surface area contributed by atoms with Gasteiger partial charge >= 0.3 is 6.18 Å². The van der Waals surface area contributed by atoms with Crippen molar-refractivity contribution in [3.8, 4) is 0 Å². The quantitative estimate of drug-likeness (QED) is 0.213. The molecule has 4 heteroatoms. The molecule has 0 fully saturated rings. The van der Waals surface area contributed by atoms with Crippen LogP contribution in [0.3, 0.4) is 0 Å². The third-order valence-corrected chi connectivity index (χ3v) is 5.45. The maximum absolute atomic E-state index is 12.9. The predicted molar refractivity (Wildman–Crippen MR) is 111 cm³/mol. The molecule has 0 aromatic heterocycles. The number of Topliss-reactive ketones (excluding diaryl/α,β-unsaturated/α-hetero) is 1. The Morgan fingerprint density at radius 3 is 1.86 bits per heavy atom. The van der Waals surface area contributed by atoms with E-state index in [9.17, 15) is 18.0 Å². The summed E-state index contributed by atoms with van der Waals surface area (Å²) in [4.78, 5) is 11.8. The summed E-state index contributed by atoms with van der Waals surface area (Å²) in [5, 5.41) is 0. The first-order valence-corrected chi connectivity index (χ1v) is 11.1. The van der Waals surface area contributed by atoms with E-state index in [0.29, 0.717) is 5.56 Å². The van der Waals surface area contributed by atoms with Gasteiger partial charge in [0, 0.05) is 5.56 Å². The molecule has 0 bridgehead atoms. The maximum Gasteiger partial charge on any atom is 0.454 e. The van der Waals surface area contributed by atoms with Crippen molar-refractivity contribution >= 4 is 5.78 Å². The third kappa shape index (κ3) is 9.25. The Morgan fingerprint density at radius 1 is 0.786 bits per heavy atom. The Balaban J connectivity index is 2.49. The molecule has 0 N–H and O–H groups in total. The first-order valence-electron chi connectivity index (χ1n) is 11.1. The Hall–Kier alpha value is -1.32.